The molecular formula is C25H38NO3+. The van der Waals surface area contributed by atoms with Crippen molar-refractivity contribution in [1.29, 1.82) is 0 Å². The van der Waals surface area contributed by atoms with Crippen LogP contribution in [0.4, 0.5) is 0 Å². The molecule has 0 aromatic heterocycles. The molecule has 4 heteroatoms. The van der Waals surface area contributed by atoms with Crippen molar-refractivity contribution in [2.75, 3.05) is 20.8 Å². The molecule has 160 valence electrons. The molecule has 29 heavy (non-hydrogen) atoms. The average Bonchev–Trinajstić information content (AvgIpc) is 2.64. The lowest BCUT2D eigenvalue weighted by atomic mass is 9.78. The highest BCUT2D eigenvalue weighted by Crippen LogP contribution is 2.39. The van der Waals surface area contributed by atoms with E-state index in [4.69, 9.17) is 9.47 Å². The third kappa shape index (κ3) is 5.89. The number of rotatable bonds is 7. The number of quaternary nitrogens is 1. The number of aromatic hydroxyl groups is 1. The maximum Gasteiger partial charge on any atom is 0.160 e. The van der Waals surface area contributed by atoms with Crippen LogP contribution in [0, 0.1) is 0 Å². The van der Waals surface area contributed by atoms with Gasteiger partial charge in [-0.15, -0.1) is 0 Å². The summed E-state index contributed by atoms with van der Waals surface area (Å²) < 4.78 is 10.7. The Bertz CT molecular complexity index is 794. The highest BCUT2D eigenvalue weighted by Gasteiger charge is 2.26. The van der Waals surface area contributed by atoms with E-state index in [9.17, 15) is 5.11 Å². The van der Waals surface area contributed by atoms with Crippen LogP contribution in [0.25, 0.3) is 0 Å². The normalized spacial score (nSPS) is 12.1. The predicted molar refractivity (Wildman–Crippen MR) is 119 cm³/mol. The number of phenolic OH excluding ortho intramolecular Hbond substituents is 1. The second-order valence-electron chi connectivity index (χ2n) is 9.76. The lowest BCUT2D eigenvalue weighted by Gasteiger charge is -2.28. The molecule has 0 spiro atoms. The van der Waals surface area contributed by atoms with Crippen molar-refractivity contribution in [2.45, 2.75) is 65.3 Å². The molecule has 0 aliphatic heterocycles. The minimum absolute atomic E-state index is 0.0975. The average molecular weight is 401 g/mol. The van der Waals surface area contributed by atoms with Crippen LogP contribution in [0.1, 0.15) is 63.8 Å². The van der Waals surface area contributed by atoms with E-state index in [-0.39, 0.29) is 10.8 Å². The van der Waals surface area contributed by atoms with Crippen LogP contribution >= 0.6 is 0 Å². The van der Waals surface area contributed by atoms with E-state index in [0.29, 0.717) is 5.75 Å². The second-order valence-corrected chi connectivity index (χ2v) is 9.76. The monoisotopic (exact) mass is 400 g/mol. The molecule has 0 saturated carbocycles. The molecule has 0 aliphatic carbocycles. The molecule has 0 unspecified atom stereocenters. The van der Waals surface area contributed by atoms with E-state index < -0.39 is 0 Å². The van der Waals surface area contributed by atoms with Gasteiger partial charge in [-0.2, -0.15) is 0 Å². The third-order valence-corrected chi connectivity index (χ3v) is 5.25. The number of benzene rings is 2. The first-order valence-corrected chi connectivity index (χ1v) is 10.4. The number of hydrogen-bond acceptors (Lipinski definition) is 3. The van der Waals surface area contributed by atoms with Gasteiger partial charge in [-0.1, -0.05) is 47.6 Å². The van der Waals surface area contributed by atoms with Crippen molar-refractivity contribution in [3.63, 3.8) is 0 Å². The summed E-state index contributed by atoms with van der Waals surface area (Å²) in [5.74, 6) is 1.97. The fraction of sp³-hybridized carbons (Fsp3) is 0.520. The van der Waals surface area contributed by atoms with Crippen molar-refractivity contribution in [3.05, 3.63) is 52.6 Å². The highest BCUT2D eigenvalue weighted by molar-refractivity contribution is 5.49. The summed E-state index contributed by atoms with van der Waals surface area (Å²) in [6, 6.07) is 10.4. The minimum atomic E-state index is -0.0975. The molecule has 2 aromatic carbocycles. The molecule has 0 amide bonds. The van der Waals surface area contributed by atoms with Crippen LogP contribution in [0.15, 0.2) is 30.3 Å². The molecule has 0 aliphatic rings. The second kappa shape index (κ2) is 9.08. The molecule has 0 fully saturated rings. The fourth-order valence-corrected chi connectivity index (χ4v) is 3.53. The topological polar surface area (TPSA) is 55.3 Å². The zero-order chi connectivity index (χ0) is 21.8. The number of phenols is 1. The van der Waals surface area contributed by atoms with E-state index in [2.05, 4.69) is 65.1 Å². The van der Waals surface area contributed by atoms with Crippen LogP contribution in [-0.2, 0) is 23.8 Å². The summed E-state index contributed by atoms with van der Waals surface area (Å²) in [5, 5.41) is 13.2. The molecule has 0 atom stereocenters. The zero-order valence-corrected chi connectivity index (χ0v) is 19.3. The van der Waals surface area contributed by atoms with E-state index >= 15 is 0 Å². The van der Waals surface area contributed by atoms with Gasteiger partial charge in [0, 0.05) is 23.1 Å². The summed E-state index contributed by atoms with van der Waals surface area (Å²) >= 11 is 0. The molecule has 2 aromatic rings. The van der Waals surface area contributed by atoms with E-state index in [1.54, 1.807) is 14.2 Å². The lowest BCUT2D eigenvalue weighted by Crippen LogP contribution is -2.83. The first-order chi connectivity index (χ1) is 13.5. The summed E-state index contributed by atoms with van der Waals surface area (Å²) in [5.41, 5.74) is 4.33. The van der Waals surface area contributed by atoms with Gasteiger partial charge in [0.2, 0.25) is 0 Å². The van der Waals surface area contributed by atoms with Crippen molar-refractivity contribution in [1.82, 2.24) is 0 Å². The van der Waals surface area contributed by atoms with Gasteiger partial charge in [0.15, 0.2) is 11.5 Å². The van der Waals surface area contributed by atoms with Crippen LogP contribution in [-0.4, -0.2) is 25.9 Å². The third-order valence-electron chi connectivity index (χ3n) is 5.25. The zero-order valence-electron chi connectivity index (χ0n) is 19.3. The molecule has 4 nitrogen and oxygen atoms in total. The summed E-state index contributed by atoms with van der Waals surface area (Å²) in [6.45, 7) is 14.8. The Kier molecular flexibility index (Phi) is 7.23. The molecule has 0 heterocycles. The van der Waals surface area contributed by atoms with E-state index in [1.807, 2.05) is 12.1 Å². The van der Waals surface area contributed by atoms with Gasteiger partial charge >= 0.3 is 0 Å². The first-order valence-electron chi connectivity index (χ1n) is 10.4. The Morgan fingerprint density at radius 2 is 1.34 bits per heavy atom. The Balaban J connectivity index is 2.11. The Morgan fingerprint density at radius 1 is 0.793 bits per heavy atom. The van der Waals surface area contributed by atoms with Crippen LogP contribution in [0.3, 0.4) is 0 Å². The van der Waals surface area contributed by atoms with Gasteiger partial charge in [0.25, 0.3) is 0 Å². The molecule has 0 saturated heterocycles. The summed E-state index contributed by atoms with van der Waals surface area (Å²) in [7, 11) is 3.32. The largest absolute Gasteiger partial charge is 0.507 e. The summed E-state index contributed by atoms with van der Waals surface area (Å²) in [4.78, 5) is 0. The number of nitrogens with two attached hydrogens (primary N) is 1. The number of ether oxygens (including phenoxy) is 2. The van der Waals surface area contributed by atoms with Crippen LogP contribution in [0.2, 0.25) is 0 Å². The predicted octanol–water partition coefficient (Wildman–Crippen LogP) is 4.31. The lowest BCUT2D eigenvalue weighted by molar-refractivity contribution is -0.670. The number of hydrogen-bond donors (Lipinski definition) is 2. The fourth-order valence-electron chi connectivity index (χ4n) is 3.53. The van der Waals surface area contributed by atoms with Gasteiger partial charge < -0.3 is 19.9 Å². The molecule has 3 N–H and O–H groups in total. The van der Waals surface area contributed by atoms with Crippen molar-refractivity contribution >= 4 is 0 Å². The smallest absolute Gasteiger partial charge is 0.160 e. The SMILES string of the molecule is COc1ccc(CC[NH2+]Cc2cc(C(C)(C)C)c(O)c(C(C)(C)C)c2)cc1OC. The molecule has 2 rings (SSSR count). The maximum atomic E-state index is 10.9. The van der Waals surface area contributed by atoms with Gasteiger partial charge in [0.1, 0.15) is 12.3 Å². The van der Waals surface area contributed by atoms with E-state index in [1.165, 1.54) is 11.1 Å². The van der Waals surface area contributed by atoms with Crippen molar-refractivity contribution in [2.24, 2.45) is 0 Å². The standard InChI is InChI=1S/C25H37NO3/c1-24(2,3)19-13-18(14-20(23(19)27)25(4,5)6)16-26-12-11-17-9-10-21(28-7)22(15-17)29-8/h9-10,13-15,26-27H,11-12,16H2,1-8H3/p+1. The van der Waals surface area contributed by atoms with Crippen molar-refractivity contribution < 1.29 is 19.9 Å². The highest BCUT2D eigenvalue weighted by atomic mass is 16.5. The molecule has 0 radical (unpaired) electrons. The maximum absolute atomic E-state index is 10.9. The number of methoxy groups -OCH3 is 2. The van der Waals surface area contributed by atoms with Gasteiger partial charge in [-0.25, -0.2) is 0 Å². The van der Waals surface area contributed by atoms with E-state index in [0.717, 1.165) is 42.1 Å². The quantitative estimate of drug-likeness (QED) is 0.681. The van der Waals surface area contributed by atoms with Crippen molar-refractivity contribution in [3.8, 4) is 17.2 Å². The Labute approximate surface area is 176 Å². The Morgan fingerprint density at radius 3 is 1.83 bits per heavy atom. The van der Waals surface area contributed by atoms with Gasteiger partial charge in [-0.3, -0.25) is 0 Å². The van der Waals surface area contributed by atoms with Crippen LogP contribution in [0.5, 0.6) is 17.2 Å². The molecule has 0 bridgehead atoms. The van der Waals surface area contributed by atoms with Gasteiger partial charge in [0.05, 0.1) is 20.8 Å². The Hall–Kier alpha value is -2.20. The molecular weight excluding hydrogens is 362 g/mol. The van der Waals surface area contributed by atoms with Gasteiger partial charge in [-0.05, 0) is 40.7 Å². The van der Waals surface area contributed by atoms with Crippen LogP contribution < -0.4 is 14.8 Å². The summed E-state index contributed by atoms with van der Waals surface area (Å²) in [6.07, 6.45) is 0.955. The first kappa shape index (κ1) is 23.1. The minimum Gasteiger partial charge on any atom is -0.507 e.